The smallest absolute Gasteiger partial charge is 0.171 e. The molecule has 2 rings (SSSR count). The van der Waals surface area contributed by atoms with Crippen molar-refractivity contribution in [2.24, 2.45) is 17.9 Å². The number of benzene rings is 1. The maximum absolute atomic E-state index is 8.78. The zero-order valence-corrected chi connectivity index (χ0v) is 11.9. The highest BCUT2D eigenvalue weighted by atomic mass is 79.9. The Morgan fingerprint density at radius 3 is 2.94 bits per heavy atom. The number of aromatic nitrogens is 2. The number of nitrogens with zero attached hydrogens (tertiary/aromatic N) is 3. The van der Waals surface area contributed by atoms with Gasteiger partial charge in [0.25, 0.3) is 0 Å². The van der Waals surface area contributed by atoms with Crippen molar-refractivity contribution >= 4 is 33.5 Å². The van der Waals surface area contributed by atoms with Gasteiger partial charge in [-0.05, 0) is 18.2 Å². The first-order valence-corrected chi connectivity index (χ1v) is 6.65. The average molecular weight is 327 g/mol. The molecule has 0 fully saturated rings. The largest absolute Gasteiger partial charge is 0.409 e. The molecule has 0 aliphatic heterocycles. The third kappa shape index (κ3) is 2.85. The molecule has 0 bridgehead atoms. The molecule has 2 aromatic rings. The minimum atomic E-state index is 0.0916. The average Bonchev–Trinajstić information content (AvgIpc) is 2.74. The summed E-state index contributed by atoms with van der Waals surface area (Å²) < 4.78 is 2.66. The molecule has 0 atom stereocenters. The molecular formula is C11H11BrN4OS. The molecule has 94 valence electrons. The van der Waals surface area contributed by atoms with E-state index in [1.165, 1.54) is 11.8 Å². The van der Waals surface area contributed by atoms with Gasteiger partial charge in [-0.3, -0.25) is 4.68 Å². The van der Waals surface area contributed by atoms with Gasteiger partial charge in [0.1, 0.15) is 0 Å². The highest BCUT2D eigenvalue weighted by Gasteiger charge is 2.10. The molecule has 5 nitrogen and oxygen atoms in total. The Hall–Kier alpha value is -1.47. The summed E-state index contributed by atoms with van der Waals surface area (Å²) in [6.45, 7) is 0. The number of oxime groups is 1. The van der Waals surface area contributed by atoms with Crippen molar-refractivity contribution in [2.75, 3.05) is 0 Å². The van der Waals surface area contributed by atoms with E-state index in [9.17, 15) is 0 Å². The lowest BCUT2D eigenvalue weighted by atomic mass is 10.2. The Labute approximate surface area is 117 Å². The van der Waals surface area contributed by atoms with Crippen LogP contribution in [0.25, 0.3) is 0 Å². The Balaban J connectivity index is 2.39. The molecule has 0 aliphatic rings. The molecule has 7 heteroatoms. The van der Waals surface area contributed by atoms with Gasteiger partial charge in [0.05, 0.1) is 11.1 Å². The van der Waals surface area contributed by atoms with Crippen LogP contribution >= 0.6 is 27.7 Å². The number of hydrogen-bond acceptors (Lipinski definition) is 4. The topological polar surface area (TPSA) is 76.4 Å². The first kappa shape index (κ1) is 13.0. The first-order valence-electron chi connectivity index (χ1n) is 5.04. The van der Waals surface area contributed by atoms with E-state index in [0.29, 0.717) is 5.56 Å². The lowest BCUT2D eigenvalue weighted by Gasteiger charge is -2.07. The van der Waals surface area contributed by atoms with Crippen LogP contribution in [-0.2, 0) is 7.05 Å². The van der Waals surface area contributed by atoms with Crippen LogP contribution in [-0.4, -0.2) is 20.8 Å². The molecule has 0 saturated heterocycles. The van der Waals surface area contributed by atoms with Gasteiger partial charge in [0, 0.05) is 28.2 Å². The third-order valence-electron chi connectivity index (χ3n) is 2.24. The van der Waals surface area contributed by atoms with Crippen LogP contribution in [0, 0.1) is 0 Å². The fourth-order valence-electron chi connectivity index (χ4n) is 1.42. The highest BCUT2D eigenvalue weighted by Crippen LogP contribution is 2.32. The van der Waals surface area contributed by atoms with Crippen molar-refractivity contribution in [3.8, 4) is 0 Å². The number of aryl methyl sites for hydroxylation is 1. The first-order chi connectivity index (χ1) is 8.60. The van der Waals surface area contributed by atoms with Crippen molar-refractivity contribution < 1.29 is 5.21 Å². The standard InChI is InChI=1S/C11H11BrN4OS/c1-16-6-8(5-14-16)18-10-4-7(12)2-3-9(10)11(13)15-17/h2-6,17H,1H3,(H2,13,15). The van der Waals surface area contributed by atoms with Gasteiger partial charge in [-0.25, -0.2) is 0 Å². The summed E-state index contributed by atoms with van der Waals surface area (Å²) in [7, 11) is 1.86. The van der Waals surface area contributed by atoms with Gasteiger partial charge in [-0.2, -0.15) is 5.10 Å². The van der Waals surface area contributed by atoms with E-state index in [2.05, 4.69) is 26.2 Å². The van der Waals surface area contributed by atoms with Gasteiger partial charge in [-0.1, -0.05) is 32.8 Å². The van der Waals surface area contributed by atoms with Crippen molar-refractivity contribution in [3.05, 3.63) is 40.6 Å². The van der Waals surface area contributed by atoms with Crippen molar-refractivity contribution in [2.45, 2.75) is 9.79 Å². The quantitative estimate of drug-likeness (QED) is 0.393. The predicted molar refractivity (Wildman–Crippen MR) is 74.0 cm³/mol. The van der Waals surface area contributed by atoms with E-state index >= 15 is 0 Å². The summed E-state index contributed by atoms with van der Waals surface area (Å²) in [5.74, 6) is 0.0916. The number of hydrogen-bond donors (Lipinski definition) is 2. The summed E-state index contributed by atoms with van der Waals surface area (Å²) in [5, 5.41) is 15.9. The molecule has 1 aromatic heterocycles. The molecule has 0 aliphatic carbocycles. The van der Waals surface area contributed by atoms with E-state index < -0.39 is 0 Å². The second-order valence-corrected chi connectivity index (χ2v) is 5.61. The van der Waals surface area contributed by atoms with Gasteiger partial charge in [-0.15, -0.1) is 0 Å². The summed E-state index contributed by atoms with van der Waals surface area (Å²) in [5.41, 5.74) is 6.34. The second kappa shape index (κ2) is 5.45. The van der Waals surface area contributed by atoms with E-state index in [-0.39, 0.29) is 5.84 Å². The molecule has 0 spiro atoms. The van der Waals surface area contributed by atoms with Crippen LogP contribution in [0.5, 0.6) is 0 Å². The van der Waals surface area contributed by atoms with Crippen LogP contribution < -0.4 is 5.73 Å². The second-order valence-electron chi connectivity index (χ2n) is 3.58. The van der Waals surface area contributed by atoms with E-state index in [1.54, 1.807) is 16.9 Å². The number of halogens is 1. The molecule has 0 saturated carbocycles. The maximum Gasteiger partial charge on any atom is 0.171 e. The fourth-order valence-corrected chi connectivity index (χ4v) is 2.96. The normalized spacial score (nSPS) is 11.8. The van der Waals surface area contributed by atoms with Crippen LogP contribution in [0.2, 0.25) is 0 Å². The molecule has 0 radical (unpaired) electrons. The molecular weight excluding hydrogens is 316 g/mol. The summed E-state index contributed by atoms with van der Waals surface area (Å²) >= 11 is 4.92. The Bertz CT molecular complexity index is 596. The molecule has 18 heavy (non-hydrogen) atoms. The molecule has 0 amide bonds. The zero-order valence-electron chi connectivity index (χ0n) is 9.54. The van der Waals surface area contributed by atoms with Crippen LogP contribution in [0.15, 0.2) is 50.0 Å². The van der Waals surface area contributed by atoms with Crippen LogP contribution in [0.3, 0.4) is 0 Å². The maximum atomic E-state index is 8.78. The lowest BCUT2D eigenvalue weighted by Crippen LogP contribution is -2.14. The summed E-state index contributed by atoms with van der Waals surface area (Å²) in [6.07, 6.45) is 3.67. The molecule has 1 heterocycles. The molecule has 0 unspecified atom stereocenters. The third-order valence-corrected chi connectivity index (χ3v) is 3.73. The van der Waals surface area contributed by atoms with Crippen LogP contribution in [0.1, 0.15) is 5.56 Å². The van der Waals surface area contributed by atoms with E-state index in [0.717, 1.165) is 14.3 Å². The van der Waals surface area contributed by atoms with Crippen molar-refractivity contribution in [3.63, 3.8) is 0 Å². The van der Waals surface area contributed by atoms with Gasteiger partial charge in [0.2, 0.25) is 0 Å². The highest BCUT2D eigenvalue weighted by molar-refractivity contribution is 9.10. The lowest BCUT2D eigenvalue weighted by molar-refractivity contribution is 0.318. The van der Waals surface area contributed by atoms with Gasteiger partial charge >= 0.3 is 0 Å². The fraction of sp³-hybridized carbons (Fsp3) is 0.0909. The van der Waals surface area contributed by atoms with Gasteiger partial charge < -0.3 is 10.9 Å². The predicted octanol–water partition coefficient (Wildman–Crippen LogP) is 2.43. The van der Waals surface area contributed by atoms with Crippen molar-refractivity contribution in [1.29, 1.82) is 0 Å². The zero-order chi connectivity index (χ0) is 13.1. The molecule has 1 aromatic carbocycles. The summed E-state index contributed by atoms with van der Waals surface area (Å²) in [4.78, 5) is 1.88. The van der Waals surface area contributed by atoms with Crippen LogP contribution in [0.4, 0.5) is 0 Å². The summed E-state index contributed by atoms with van der Waals surface area (Å²) in [6, 6.07) is 5.57. The monoisotopic (exact) mass is 326 g/mol. The Morgan fingerprint density at radius 1 is 1.56 bits per heavy atom. The minimum absolute atomic E-state index is 0.0916. The SMILES string of the molecule is Cn1cc(Sc2cc(Br)ccc2/C(N)=N/O)cn1. The number of nitrogens with two attached hydrogens (primary N) is 1. The molecule has 3 N–H and O–H groups in total. The Kier molecular flexibility index (Phi) is 3.93. The van der Waals surface area contributed by atoms with E-state index in [1.807, 2.05) is 25.4 Å². The van der Waals surface area contributed by atoms with Crippen molar-refractivity contribution in [1.82, 2.24) is 9.78 Å². The number of amidine groups is 1. The van der Waals surface area contributed by atoms with Gasteiger partial charge in [0.15, 0.2) is 5.84 Å². The van der Waals surface area contributed by atoms with E-state index in [4.69, 9.17) is 10.9 Å². The number of rotatable bonds is 3. The Morgan fingerprint density at radius 2 is 2.33 bits per heavy atom. The minimum Gasteiger partial charge on any atom is -0.409 e.